The van der Waals surface area contributed by atoms with Gasteiger partial charge in [0.15, 0.2) is 46.8 Å². The Bertz CT molecular complexity index is 5680. The Hall–Kier alpha value is -13.2. The molecule has 6 fully saturated rings. The highest BCUT2D eigenvalue weighted by molar-refractivity contribution is 9.10. The molecule has 43 heteroatoms. The number of halogens is 6. The predicted molar refractivity (Wildman–Crippen MR) is 457 cm³/mol. The Morgan fingerprint density at radius 3 is 1.28 bits per heavy atom. The summed E-state index contributed by atoms with van der Waals surface area (Å²) in [6.07, 6.45) is 11.7. The Labute approximate surface area is 714 Å². The number of nitrogens with two attached hydrogens (primary N) is 2. The molecule has 6 saturated heterocycles. The van der Waals surface area contributed by atoms with Gasteiger partial charge in [0.2, 0.25) is 11.6 Å². The molecule has 0 saturated carbocycles. The topological polar surface area (TPSA) is 425 Å². The number of para-hydroxylation sites is 2. The first kappa shape index (κ1) is 86.2. The molecule has 6 aliphatic heterocycles. The van der Waals surface area contributed by atoms with Crippen LogP contribution in [0.4, 0.5) is 86.3 Å². The molecule has 2 aromatic carbocycles. The van der Waals surface area contributed by atoms with E-state index in [0.717, 1.165) is 99.6 Å². The Morgan fingerprint density at radius 1 is 0.512 bits per heavy atom. The second-order valence-corrected chi connectivity index (χ2v) is 30.1. The minimum Gasteiger partial charge on any atom is -0.494 e. The summed E-state index contributed by atoms with van der Waals surface area (Å²) >= 11 is 9.42. The molecule has 0 aliphatic carbocycles. The van der Waals surface area contributed by atoms with Crippen LogP contribution in [-0.4, -0.2) is 184 Å². The van der Waals surface area contributed by atoms with Crippen molar-refractivity contribution in [2.24, 2.45) is 14.1 Å². The van der Waals surface area contributed by atoms with Crippen LogP contribution >= 0.6 is 27.5 Å². The van der Waals surface area contributed by atoms with Crippen molar-refractivity contribution >= 4 is 119 Å². The van der Waals surface area contributed by atoms with Gasteiger partial charge in [0.05, 0.1) is 114 Å². The third-order valence-corrected chi connectivity index (χ3v) is 21.2. The molecule has 19 rings (SSSR count). The average molecular weight is 1770 g/mol. The third-order valence-electron chi connectivity index (χ3n) is 20.5. The van der Waals surface area contributed by atoms with Crippen molar-refractivity contribution in [1.82, 2.24) is 94.4 Å². The summed E-state index contributed by atoms with van der Waals surface area (Å²) < 4.78 is 83.6. The number of hydrogen-bond donors (Lipinski definition) is 4. The standard InChI is InChI=1S/C30H32F2N10O2.C21H21ClF2N8O2.C8H9N3O2.2C8H11N3.C5H3BrN2O2/c1-40-38-28(37-39-40)21-7-5-8-22(26(21)43-2)35-23-16-19(15-18-10-11-20(17-33-18)41-12-6-13-41)34-29-25(23)36-30(27(31)32)42(29)24-9-3-4-14-44-24;1-31-29-19(28-30-31)11-6-5-7-12(17(11)33-2)25-13-10-14(22)26-20-16(13)27-21(18(23)24)32(20)15-8-3-4-9-34-15;12-11(13)8-3-2-7(6-9-8)10-4-1-5-10;2*9-8-3-2-7(6-10-8)11-4-1-5-11;6-4-1-2-5(7-3-4)8(9)10/h5,7-8,10-11,16-17,24,27H,3-4,6,9,12-15H2,1-2H3,(H,34,35);5-7,10,15,18H,3-4,8-9H2,1-2H3,(H,25,26);2-3,6H,1,4-5H2;2*2-3,6H,1,4-5H2,(H2,9,10);1-3H. The van der Waals surface area contributed by atoms with Crippen LogP contribution in [0.25, 0.3) is 45.1 Å². The summed E-state index contributed by atoms with van der Waals surface area (Å²) in [7, 11) is 6.40. The average Bonchev–Trinajstić information content (AvgIpc) is 1.61. The van der Waals surface area contributed by atoms with Gasteiger partial charge < -0.3 is 80.9 Å². The molecule has 642 valence electrons. The van der Waals surface area contributed by atoms with Crippen LogP contribution in [0, 0.1) is 20.2 Å². The molecular formula is C80H87BrClF4N29O8. The number of tetrazole rings is 2. The second kappa shape index (κ2) is 40.0. The van der Waals surface area contributed by atoms with Gasteiger partial charge in [0.1, 0.15) is 40.3 Å². The van der Waals surface area contributed by atoms with Crippen LogP contribution < -0.4 is 51.2 Å². The number of nitro groups is 2. The third kappa shape index (κ3) is 21.0. The van der Waals surface area contributed by atoms with E-state index >= 15 is 0 Å². The first-order valence-electron chi connectivity index (χ1n) is 39.5. The lowest BCUT2D eigenvalue weighted by Crippen LogP contribution is -2.36. The maximum Gasteiger partial charge on any atom is 0.363 e. The lowest BCUT2D eigenvalue weighted by atomic mass is 10.1. The number of fused-ring (bicyclic) bond motifs is 2. The van der Waals surface area contributed by atoms with Crippen LogP contribution in [0.1, 0.15) is 113 Å². The number of imidazole rings is 2. The molecule has 0 radical (unpaired) electrons. The van der Waals surface area contributed by atoms with E-state index in [4.69, 9.17) is 47.0 Å². The number of pyridine rings is 7. The van der Waals surface area contributed by atoms with E-state index in [1.165, 1.54) is 87.3 Å². The molecule has 2 unspecified atom stereocenters. The highest BCUT2D eigenvalue weighted by Crippen LogP contribution is 2.43. The van der Waals surface area contributed by atoms with Crippen LogP contribution in [0.15, 0.2) is 145 Å². The van der Waals surface area contributed by atoms with Gasteiger partial charge in [-0.1, -0.05) is 23.7 Å². The molecule has 0 bridgehead atoms. The van der Waals surface area contributed by atoms with Gasteiger partial charge in [-0.25, -0.2) is 47.5 Å². The summed E-state index contributed by atoms with van der Waals surface area (Å²) in [5, 5.41) is 51.6. The summed E-state index contributed by atoms with van der Waals surface area (Å²) in [5.74, 6) is 1.85. The number of rotatable bonds is 20. The molecular weight excluding hydrogens is 1690 g/mol. The van der Waals surface area contributed by atoms with Crippen LogP contribution in [0.2, 0.25) is 5.15 Å². The van der Waals surface area contributed by atoms with E-state index in [-0.39, 0.29) is 33.8 Å². The molecule has 6 aliphatic rings. The highest BCUT2D eigenvalue weighted by Gasteiger charge is 2.33. The zero-order valence-corrected chi connectivity index (χ0v) is 69.6. The van der Waals surface area contributed by atoms with Crippen LogP contribution in [-0.2, 0) is 30.0 Å². The number of nitrogen functional groups attached to an aromatic ring is 2. The first-order chi connectivity index (χ1) is 59.6. The Kier molecular flexibility index (Phi) is 28.0. The van der Waals surface area contributed by atoms with Gasteiger partial charge in [-0.3, -0.25) is 14.1 Å². The van der Waals surface area contributed by atoms with E-state index in [1.807, 2.05) is 73.2 Å². The number of nitrogens with zero attached hydrogens (tertiary/aromatic N) is 25. The molecule has 11 aromatic heterocycles. The minimum atomic E-state index is -2.82. The van der Waals surface area contributed by atoms with Crippen molar-refractivity contribution in [3.8, 4) is 34.3 Å². The number of hydrogen-bond acceptors (Lipinski definition) is 31. The zero-order chi connectivity index (χ0) is 86.2. The van der Waals surface area contributed by atoms with Gasteiger partial charge in [-0.15, -0.1) is 20.4 Å². The van der Waals surface area contributed by atoms with Crippen molar-refractivity contribution in [1.29, 1.82) is 0 Å². The molecule has 17 heterocycles. The van der Waals surface area contributed by atoms with E-state index in [2.05, 4.69) is 123 Å². The zero-order valence-electron chi connectivity index (χ0n) is 67.3. The number of nitrogens with one attached hydrogen (secondary N) is 2. The SMILES string of the molecule is COc1c(Nc2cc(Cc3ccc(N4CCC4)cn3)nc3c2nc(C(F)F)n3C2CCCCO2)cccc1-c1nnn(C)n1.COc1c(Nc2cc(Cl)nc3c2nc(C(F)F)n3C2CCCCO2)cccc1-c1nnn(C)n1.Nc1ccc(N2CCC2)cn1.Nc1ccc(N2CCC2)cn1.O=[N+]([O-])c1ccc(Br)cn1.O=[N+]([O-])c1ccc(N2CCC2)cn1. The molecule has 0 amide bonds. The fourth-order valence-corrected chi connectivity index (χ4v) is 14.3. The lowest BCUT2D eigenvalue weighted by Gasteiger charge is -2.32. The van der Waals surface area contributed by atoms with E-state index in [0.29, 0.717) is 118 Å². The first-order valence-corrected chi connectivity index (χ1v) is 40.7. The Morgan fingerprint density at radius 2 is 0.935 bits per heavy atom. The van der Waals surface area contributed by atoms with Crippen LogP contribution in [0.3, 0.4) is 0 Å². The number of alkyl halides is 4. The lowest BCUT2D eigenvalue weighted by molar-refractivity contribution is -0.389. The van der Waals surface area contributed by atoms with E-state index in [9.17, 15) is 37.8 Å². The summed E-state index contributed by atoms with van der Waals surface area (Å²) in [4.78, 5) is 68.8. The smallest absolute Gasteiger partial charge is 0.363 e. The number of aryl methyl sites for hydroxylation is 2. The number of methoxy groups -OCH3 is 2. The number of anilines is 10. The second-order valence-electron chi connectivity index (χ2n) is 28.8. The van der Waals surface area contributed by atoms with Crippen molar-refractivity contribution in [3.63, 3.8) is 0 Å². The normalized spacial score (nSPS) is 15.8. The molecule has 37 nitrogen and oxygen atoms in total. The van der Waals surface area contributed by atoms with E-state index in [1.54, 1.807) is 57.7 Å². The van der Waals surface area contributed by atoms with Crippen molar-refractivity contribution in [2.45, 2.75) is 95.9 Å². The molecule has 123 heavy (non-hydrogen) atoms. The minimum absolute atomic E-state index is 0.0933. The van der Waals surface area contributed by atoms with Gasteiger partial charge in [-0.05, 0) is 189 Å². The fourth-order valence-electron chi connectivity index (χ4n) is 13.8. The molecule has 0 spiro atoms. The largest absolute Gasteiger partial charge is 0.494 e. The molecule has 6 N–H and O–H groups in total. The monoisotopic (exact) mass is 1770 g/mol. The van der Waals surface area contributed by atoms with Crippen molar-refractivity contribution in [2.75, 3.05) is 121 Å². The van der Waals surface area contributed by atoms with E-state index < -0.39 is 41.0 Å². The van der Waals surface area contributed by atoms with Gasteiger partial charge >= 0.3 is 11.6 Å². The van der Waals surface area contributed by atoms with Crippen molar-refractivity contribution < 1.29 is 46.4 Å². The molecule has 2 atom stereocenters. The number of benzene rings is 2. The van der Waals surface area contributed by atoms with Gasteiger partial charge in [-0.2, -0.15) is 9.59 Å². The van der Waals surface area contributed by atoms with Gasteiger partial charge in [0.25, 0.3) is 12.9 Å². The number of ether oxygens (including phenoxy) is 4. The summed E-state index contributed by atoms with van der Waals surface area (Å²) in [5.41, 5.74) is 21.2. The highest BCUT2D eigenvalue weighted by atomic mass is 79.9. The Balaban J connectivity index is 0.000000135. The maximum absolute atomic E-state index is 14.5. The predicted octanol–water partition coefficient (Wildman–Crippen LogP) is 14.6. The maximum atomic E-state index is 14.5. The van der Waals surface area contributed by atoms with Crippen molar-refractivity contribution in [3.05, 3.63) is 193 Å². The fraction of sp³-hybridized carbons (Fsp3) is 0.362. The molecule has 13 aromatic rings. The summed E-state index contributed by atoms with van der Waals surface area (Å²) in [6.45, 7) is 9.73. The quantitative estimate of drug-likeness (QED) is 0.0238. The summed E-state index contributed by atoms with van der Waals surface area (Å²) in [6, 6.07) is 32.0. The van der Waals surface area contributed by atoms with Gasteiger partial charge in [0, 0.05) is 95.9 Å². The number of aromatic nitrogens is 19. The van der Waals surface area contributed by atoms with Crippen LogP contribution in [0.5, 0.6) is 11.5 Å².